The van der Waals surface area contributed by atoms with Crippen molar-refractivity contribution in [2.75, 3.05) is 0 Å². The van der Waals surface area contributed by atoms with Gasteiger partial charge in [-0.2, -0.15) is 0 Å². The van der Waals surface area contributed by atoms with Crippen molar-refractivity contribution >= 4 is 49.3 Å². The van der Waals surface area contributed by atoms with Gasteiger partial charge in [-0.1, -0.05) is 26.7 Å². The number of Topliss-reactive ketones (excluding diaryl/α,β-unsaturated/α-hetero) is 2. The topological polar surface area (TPSA) is 54.4 Å². The number of aliphatic hydroxyl groups excluding tert-OH is 1. The fourth-order valence-corrected chi connectivity index (χ4v) is 1.16. The Bertz CT molecular complexity index is 172. The van der Waals surface area contributed by atoms with Crippen LogP contribution in [0.1, 0.15) is 52.4 Å². The SMILES string of the molecule is CCCCC(=O)C(O)C(=O)CCCC.[CaH2]. The van der Waals surface area contributed by atoms with E-state index in [1.54, 1.807) is 0 Å². The van der Waals surface area contributed by atoms with E-state index in [9.17, 15) is 14.7 Å². The third kappa shape index (κ3) is 8.38. The predicted molar refractivity (Wildman–Crippen MR) is 63.6 cm³/mol. The number of rotatable bonds is 8. The van der Waals surface area contributed by atoms with Gasteiger partial charge in [-0.3, -0.25) is 9.59 Å². The van der Waals surface area contributed by atoms with E-state index < -0.39 is 6.10 Å². The van der Waals surface area contributed by atoms with E-state index in [-0.39, 0.29) is 49.3 Å². The Morgan fingerprint density at radius 1 is 1.00 bits per heavy atom. The first-order chi connectivity index (χ1) is 6.63. The quantitative estimate of drug-likeness (QED) is 0.509. The van der Waals surface area contributed by atoms with Crippen LogP contribution in [0.4, 0.5) is 0 Å². The zero-order valence-corrected chi connectivity index (χ0v) is 9.08. The molecule has 86 valence electrons. The number of aliphatic hydroxyl groups is 1. The molecule has 0 heterocycles. The molecule has 0 amide bonds. The second-order valence-electron chi connectivity index (χ2n) is 3.54. The summed E-state index contributed by atoms with van der Waals surface area (Å²) >= 11 is 0. The van der Waals surface area contributed by atoms with Gasteiger partial charge in [-0.05, 0) is 12.8 Å². The van der Waals surface area contributed by atoms with Crippen LogP contribution in [-0.2, 0) is 9.59 Å². The first-order valence-electron chi connectivity index (χ1n) is 5.37. The molecule has 0 saturated heterocycles. The van der Waals surface area contributed by atoms with Crippen molar-refractivity contribution < 1.29 is 14.7 Å². The maximum atomic E-state index is 11.2. The van der Waals surface area contributed by atoms with Gasteiger partial charge in [0.2, 0.25) is 0 Å². The molecule has 0 aromatic carbocycles. The molecule has 0 fully saturated rings. The van der Waals surface area contributed by atoms with Gasteiger partial charge < -0.3 is 5.11 Å². The molecule has 0 spiro atoms. The zero-order valence-electron chi connectivity index (χ0n) is 9.08. The summed E-state index contributed by atoms with van der Waals surface area (Å²) in [5.74, 6) is -0.652. The van der Waals surface area contributed by atoms with Crippen molar-refractivity contribution in [2.24, 2.45) is 0 Å². The molecular formula is C11H22CaO3. The van der Waals surface area contributed by atoms with Crippen LogP contribution >= 0.6 is 0 Å². The third-order valence-corrected chi connectivity index (χ3v) is 2.16. The van der Waals surface area contributed by atoms with Gasteiger partial charge in [0.05, 0.1) is 0 Å². The molecule has 0 atom stereocenters. The summed E-state index contributed by atoms with van der Waals surface area (Å²) in [4.78, 5) is 22.5. The van der Waals surface area contributed by atoms with E-state index in [0.717, 1.165) is 25.7 Å². The average molecular weight is 242 g/mol. The maximum absolute atomic E-state index is 11.2. The first kappa shape index (κ1) is 17.9. The number of hydrogen-bond acceptors (Lipinski definition) is 3. The van der Waals surface area contributed by atoms with Gasteiger partial charge in [0.15, 0.2) is 17.7 Å². The van der Waals surface area contributed by atoms with Crippen molar-refractivity contribution in [2.45, 2.75) is 58.5 Å². The number of hydrogen-bond donors (Lipinski definition) is 1. The van der Waals surface area contributed by atoms with Crippen molar-refractivity contribution in [1.82, 2.24) is 0 Å². The molecule has 0 unspecified atom stereocenters. The molecule has 1 N–H and O–H groups in total. The van der Waals surface area contributed by atoms with E-state index in [1.165, 1.54) is 0 Å². The predicted octanol–water partition coefficient (Wildman–Crippen LogP) is 0.950. The molecule has 4 heteroatoms. The molecule has 15 heavy (non-hydrogen) atoms. The fourth-order valence-electron chi connectivity index (χ4n) is 1.16. The number of carbonyl (C=O) groups is 2. The van der Waals surface area contributed by atoms with Crippen LogP contribution in [0.5, 0.6) is 0 Å². The summed E-state index contributed by atoms with van der Waals surface area (Å²) in [5.41, 5.74) is 0. The van der Waals surface area contributed by atoms with Crippen molar-refractivity contribution in [1.29, 1.82) is 0 Å². The Balaban J connectivity index is 0. The van der Waals surface area contributed by atoms with Crippen molar-refractivity contribution in [3.63, 3.8) is 0 Å². The Labute approximate surface area is 122 Å². The molecule has 0 radical (unpaired) electrons. The van der Waals surface area contributed by atoms with Gasteiger partial charge in [-0.15, -0.1) is 0 Å². The van der Waals surface area contributed by atoms with Crippen molar-refractivity contribution in [3.05, 3.63) is 0 Å². The molecule has 0 bridgehead atoms. The molecule has 0 saturated carbocycles. The standard InChI is InChI=1S/C11H20O3.Ca.2H/c1-3-5-7-9(12)11(14)10(13)8-6-4-2;;;/h11,14H,3-8H2,1-2H3;;;. The Kier molecular flexibility index (Phi) is 13.2. The molecular weight excluding hydrogens is 220 g/mol. The third-order valence-electron chi connectivity index (χ3n) is 2.16. The second-order valence-corrected chi connectivity index (χ2v) is 3.54. The minimum atomic E-state index is -1.37. The van der Waals surface area contributed by atoms with E-state index in [2.05, 4.69) is 0 Å². The zero-order chi connectivity index (χ0) is 11.0. The van der Waals surface area contributed by atoms with E-state index in [4.69, 9.17) is 0 Å². The monoisotopic (exact) mass is 242 g/mol. The summed E-state index contributed by atoms with van der Waals surface area (Å²) in [6.45, 7) is 3.94. The number of unbranched alkanes of at least 4 members (excludes halogenated alkanes) is 2. The molecule has 0 aromatic rings. The summed E-state index contributed by atoms with van der Waals surface area (Å²) in [7, 11) is 0. The molecule has 0 aromatic heterocycles. The number of carbonyl (C=O) groups excluding carboxylic acids is 2. The minimum absolute atomic E-state index is 0. The van der Waals surface area contributed by atoms with Crippen LogP contribution in [0, 0.1) is 0 Å². The first-order valence-corrected chi connectivity index (χ1v) is 5.37. The van der Waals surface area contributed by atoms with E-state index in [1.807, 2.05) is 13.8 Å². The molecule has 0 aliphatic carbocycles. The molecule has 0 aliphatic rings. The Hall–Kier alpha value is 0.560. The van der Waals surface area contributed by atoms with Crippen LogP contribution in [0.15, 0.2) is 0 Å². The Morgan fingerprint density at radius 2 is 1.33 bits per heavy atom. The van der Waals surface area contributed by atoms with E-state index >= 15 is 0 Å². The van der Waals surface area contributed by atoms with Gasteiger partial charge >= 0.3 is 37.7 Å². The molecule has 3 nitrogen and oxygen atoms in total. The summed E-state index contributed by atoms with van der Waals surface area (Å²) in [6, 6.07) is 0. The Morgan fingerprint density at radius 3 is 1.60 bits per heavy atom. The van der Waals surface area contributed by atoms with Crippen molar-refractivity contribution in [3.8, 4) is 0 Å². The number of ketones is 2. The normalized spacial score (nSPS) is 9.87. The van der Waals surface area contributed by atoms with Gasteiger partial charge in [0, 0.05) is 12.8 Å². The summed E-state index contributed by atoms with van der Waals surface area (Å²) in [6.07, 6.45) is 2.57. The second kappa shape index (κ2) is 11.1. The van der Waals surface area contributed by atoms with Gasteiger partial charge in [0.1, 0.15) is 0 Å². The van der Waals surface area contributed by atoms with E-state index in [0.29, 0.717) is 12.8 Å². The van der Waals surface area contributed by atoms with Crippen LogP contribution in [0.2, 0.25) is 0 Å². The fraction of sp³-hybridized carbons (Fsp3) is 0.818. The van der Waals surface area contributed by atoms with Crippen LogP contribution in [0.25, 0.3) is 0 Å². The van der Waals surface area contributed by atoms with Crippen LogP contribution in [-0.4, -0.2) is 60.5 Å². The van der Waals surface area contributed by atoms with Gasteiger partial charge in [0.25, 0.3) is 0 Å². The van der Waals surface area contributed by atoms with Gasteiger partial charge in [-0.25, -0.2) is 0 Å². The summed E-state index contributed by atoms with van der Waals surface area (Å²) < 4.78 is 0. The summed E-state index contributed by atoms with van der Waals surface area (Å²) in [5, 5.41) is 9.34. The van der Waals surface area contributed by atoms with Crippen LogP contribution in [0.3, 0.4) is 0 Å². The van der Waals surface area contributed by atoms with Crippen LogP contribution < -0.4 is 0 Å². The average Bonchev–Trinajstić information content (AvgIpc) is 2.21. The molecule has 0 rings (SSSR count). The molecule has 0 aliphatic heterocycles.